The van der Waals surface area contributed by atoms with Crippen LogP contribution in [-0.4, -0.2) is 18.0 Å². The molecule has 116 valence electrons. The first-order valence-electron chi connectivity index (χ1n) is 6.71. The van der Waals surface area contributed by atoms with E-state index in [9.17, 15) is 4.79 Å². The van der Waals surface area contributed by atoms with E-state index in [2.05, 4.69) is 50.2 Å². The Balaban J connectivity index is 0. The number of hydrogen-bond acceptors (Lipinski definition) is 2. The number of aromatic nitrogens is 1. The van der Waals surface area contributed by atoms with Crippen molar-refractivity contribution in [3.63, 3.8) is 0 Å². The maximum absolute atomic E-state index is 10.3. The fraction of sp³-hybridized carbons (Fsp3) is 0.562. The van der Waals surface area contributed by atoms with E-state index in [-0.39, 0.29) is 0 Å². The summed E-state index contributed by atoms with van der Waals surface area (Å²) < 4.78 is 7.66. The number of methoxy groups -OCH3 is 1. The predicted octanol–water partition coefficient (Wildman–Crippen LogP) is 5.15. The fourth-order valence-corrected chi connectivity index (χ4v) is 1.51. The molecule has 0 saturated carbocycles. The molecule has 0 radical (unpaired) electrons. The third kappa shape index (κ3) is 10.9. The van der Waals surface area contributed by atoms with Crippen LogP contribution in [0.25, 0.3) is 5.76 Å². The predicted molar refractivity (Wildman–Crippen MR) is 90.7 cm³/mol. The van der Waals surface area contributed by atoms with E-state index in [1.165, 1.54) is 0 Å². The van der Waals surface area contributed by atoms with Crippen molar-refractivity contribution < 1.29 is 9.53 Å². The minimum Gasteiger partial charge on any atom is -0.495 e. The van der Waals surface area contributed by atoms with Gasteiger partial charge in [-0.05, 0) is 27.4 Å². The third-order valence-electron chi connectivity index (χ3n) is 1.67. The van der Waals surface area contributed by atoms with Crippen molar-refractivity contribution in [2.75, 3.05) is 7.11 Å². The van der Waals surface area contributed by atoms with Crippen LogP contribution >= 0.6 is 15.9 Å². The van der Waals surface area contributed by atoms with Gasteiger partial charge >= 0.3 is 0 Å². The Labute approximate surface area is 132 Å². The van der Waals surface area contributed by atoms with Gasteiger partial charge < -0.3 is 14.1 Å². The molecule has 0 aliphatic carbocycles. The molecule has 4 heteroatoms. The minimum atomic E-state index is 0.309. The lowest BCUT2D eigenvalue weighted by molar-refractivity contribution is -0.108. The van der Waals surface area contributed by atoms with Gasteiger partial charge in [0.1, 0.15) is 12.0 Å². The number of nitrogens with zero attached hydrogens (tertiary/aromatic N) is 1. The summed E-state index contributed by atoms with van der Waals surface area (Å²) in [6.45, 7) is 16.8. The maximum Gasteiger partial charge on any atom is 0.139 e. The zero-order chi connectivity index (χ0) is 16.3. The molecule has 0 saturated heterocycles. The second-order valence-electron chi connectivity index (χ2n) is 5.49. The highest BCUT2D eigenvalue weighted by Gasteiger charge is 2.07. The van der Waals surface area contributed by atoms with Crippen LogP contribution in [0.15, 0.2) is 23.3 Å². The van der Waals surface area contributed by atoms with Gasteiger partial charge in [0.15, 0.2) is 0 Å². The summed E-state index contributed by atoms with van der Waals surface area (Å²) in [5.74, 6) is 0.549. The van der Waals surface area contributed by atoms with Crippen molar-refractivity contribution in [1.29, 1.82) is 0 Å². The van der Waals surface area contributed by atoms with Crippen molar-refractivity contribution in [3.05, 3.63) is 29.0 Å². The van der Waals surface area contributed by atoms with Crippen LogP contribution < -0.4 is 0 Å². The second kappa shape index (κ2) is 10.7. The number of rotatable bonds is 4. The van der Waals surface area contributed by atoms with Crippen molar-refractivity contribution >= 4 is 28.0 Å². The van der Waals surface area contributed by atoms with Gasteiger partial charge in [-0.3, -0.25) is 0 Å². The van der Waals surface area contributed by atoms with Gasteiger partial charge in [0.25, 0.3) is 0 Å². The maximum atomic E-state index is 10.3. The van der Waals surface area contributed by atoms with E-state index in [0.717, 1.165) is 16.5 Å². The summed E-state index contributed by atoms with van der Waals surface area (Å²) in [5.41, 5.74) is 1.31. The Bertz CT molecular complexity index is 397. The van der Waals surface area contributed by atoms with Crippen LogP contribution in [0.4, 0.5) is 0 Å². The van der Waals surface area contributed by atoms with Crippen molar-refractivity contribution in [2.45, 2.75) is 48.1 Å². The van der Waals surface area contributed by atoms with Crippen LogP contribution in [0.1, 0.15) is 47.2 Å². The van der Waals surface area contributed by atoms with E-state index >= 15 is 0 Å². The Morgan fingerprint density at radius 2 is 1.85 bits per heavy atom. The molecule has 0 unspecified atom stereocenters. The highest BCUT2D eigenvalue weighted by Crippen LogP contribution is 2.20. The van der Waals surface area contributed by atoms with E-state index in [4.69, 9.17) is 4.74 Å². The average Bonchev–Trinajstić information content (AvgIpc) is 2.70. The number of ether oxygens (including phenoxy) is 1. The molecule has 0 fully saturated rings. The topological polar surface area (TPSA) is 31.2 Å². The first-order valence-corrected chi connectivity index (χ1v) is 7.51. The number of carbonyl (C=O) groups excluding carboxylic acids is 1. The Morgan fingerprint density at radius 3 is 2.20 bits per heavy atom. The van der Waals surface area contributed by atoms with Gasteiger partial charge in [0.2, 0.25) is 0 Å². The van der Waals surface area contributed by atoms with Crippen molar-refractivity contribution in [3.8, 4) is 0 Å². The SMILES string of the molecule is C=C(OC)c1cc(Br)cn1CC=O.CC.CC(C)(C)C. The molecule has 3 nitrogen and oxygen atoms in total. The monoisotopic (exact) mass is 345 g/mol. The summed E-state index contributed by atoms with van der Waals surface area (Å²) in [5, 5.41) is 0. The normalized spacial score (nSPS) is 9.60. The summed E-state index contributed by atoms with van der Waals surface area (Å²) in [7, 11) is 1.55. The van der Waals surface area contributed by atoms with Gasteiger partial charge in [-0.25, -0.2) is 0 Å². The number of halogens is 1. The molecule has 1 aromatic heterocycles. The molecule has 0 amide bonds. The van der Waals surface area contributed by atoms with Gasteiger partial charge in [-0.2, -0.15) is 0 Å². The fourth-order valence-electron chi connectivity index (χ4n) is 1.05. The highest BCUT2D eigenvalue weighted by molar-refractivity contribution is 9.10. The quantitative estimate of drug-likeness (QED) is 0.558. The molecule has 0 spiro atoms. The molecule has 0 aliphatic heterocycles. The van der Waals surface area contributed by atoms with Gasteiger partial charge in [-0.1, -0.05) is 48.1 Å². The molecular formula is C16H28BrNO2. The molecule has 1 heterocycles. The lowest BCUT2D eigenvalue weighted by atomic mass is 10.0. The molecule has 0 N–H and O–H groups in total. The molecule has 1 rings (SSSR count). The zero-order valence-corrected chi connectivity index (χ0v) is 15.4. The van der Waals surface area contributed by atoms with Gasteiger partial charge in [0, 0.05) is 10.7 Å². The van der Waals surface area contributed by atoms with Crippen LogP contribution in [0.3, 0.4) is 0 Å². The first-order chi connectivity index (χ1) is 9.19. The van der Waals surface area contributed by atoms with Crippen LogP contribution in [-0.2, 0) is 16.1 Å². The summed E-state index contributed by atoms with van der Waals surface area (Å²) in [4.78, 5) is 10.3. The third-order valence-corrected chi connectivity index (χ3v) is 2.10. The van der Waals surface area contributed by atoms with E-state index in [0.29, 0.717) is 17.7 Å². The zero-order valence-electron chi connectivity index (χ0n) is 13.8. The van der Waals surface area contributed by atoms with Crippen molar-refractivity contribution in [2.24, 2.45) is 5.41 Å². The lowest BCUT2D eigenvalue weighted by Crippen LogP contribution is -2.02. The number of carbonyl (C=O) groups is 1. The Hall–Kier alpha value is -1.03. The highest BCUT2D eigenvalue weighted by atomic mass is 79.9. The average molecular weight is 346 g/mol. The summed E-state index contributed by atoms with van der Waals surface area (Å²) in [6.07, 6.45) is 2.65. The molecule has 0 atom stereocenters. The van der Waals surface area contributed by atoms with Crippen LogP contribution in [0, 0.1) is 5.41 Å². The molecule has 20 heavy (non-hydrogen) atoms. The Morgan fingerprint density at radius 1 is 1.40 bits per heavy atom. The molecule has 0 aromatic carbocycles. The van der Waals surface area contributed by atoms with Gasteiger partial charge in [0.05, 0.1) is 19.3 Å². The van der Waals surface area contributed by atoms with Crippen LogP contribution in [0.5, 0.6) is 0 Å². The smallest absolute Gasteiger partial charge is 0.139 e. The minimum absolute atomic E-state index is 0.309. The molecular weight excluding hydrogens is 318 g/mol. The second-order valence-corrected chi connectivity index (χ2v) is 6.41. The van der Waals surface area contributed by atoms with Crippen molar-refractivity contribution in [1.82, 2.24) is 4.57 Å². The number of aldehydes is 1. The summed E-state index contributed by atoms with van der Waals surface area (Å²) in [6, 6.07) is 1.86. The lowest BCUT2D eigenvalue weighted by Gasteiger charge is -2.06. The van der Waals surface area contributed by atoms with E-state index < -0.39 is 0 Å². The first kappa shape index (κ1) is 21.3. The largest absolute Gasteiger partial charge is 0.495 e. The number of hydrogen-bond donors (Lipinski definition) is 0. The molecule has 0 aliphatic rings. The molecule has 1 aromatic rings. The standard InChI is InChI=1S/C9H10BrNO2.C5H12.C2H6/c1-7(13-2)9-5-8(10)6-11(9)3-4-12;1-5(2,3)4;1-2/h4-6H,1,3H2,2H3;1-4H3;1-2H3. The van der Waals surface area contributed by atoms with E-state index in [1.807, 2.05) is 26.1 Å². The van der Waals surface area contributed by atoms with Gasteiger partial charge in [-0.15, -0.1) is 0 Å². The Kier molecular flexibility index (Phi) is 11.4. The van der Waals surface area contributed by atoms with E-state index in [1.54, 1.807) is 11.7 Å². The van der Waals surface area contributed by atoms with Crippen LogP contribution in [0.2, 0.25) is 0 Å². The summed E-state index contributed by atoms with van der Waals surface area (Å²) >= 11 is 3.32. The molecule has 0 bridgehead atoms.